The molecular weight excluding hydrogens is 230 g/mol. The molecule has 1 unspecified atom stereocenters. The Morgan fingerprint density at radius 2 is 2.00 bits per heavy atom. The number of H-pyrrole nitrogens is 2. The summed E-state index contributed by atoms with van der Waals surface area (Å²) in [7, 11) is 0. The van der Waals surface area contributed by atoms with Crippen LogP contribution >= 0.6 is 12.2 Å². The number of aryl methyl sites for hydroxylation is 1. The van der Waals surface area contributed by atoms with Gasteiger partial charge in [-0.1, -0.05) is 26.8 Å². The number of rotatable bonds is 2. The Morgan fingerprint density at radius 1 is 1.29 bits per heavy atom. The lowest BCUT2D eigenvalue weighted by Gasteiger charge is -2.08. The largest absolute Gasteiger partial charge is 0.337 e. The van der Waals surface area contributed by atoms with Gasteiger partial charge in [-0.05, 0) is 31.3 Å². The number of imidazole rings is 1. The van der Waals surface area contributed by atoms with Gasteiger partial charge in [0.15, 0.2) is 4.77 Å². The second-order valence-electron chi connectivity index (χ2n) is 3.62. The molecule has 0 aliphatic carbocycles. The van der Waals surface area contributed by atoms with Gasteiger partial charge in [-0.3, -0.25) is 4.98 Å². The van der Waals surface area contributed by atoms with Gasteiger partial charge in [0.2, 0.25) is 0 Å². The molecule has 0 aliphatic rings. The highest BCUT2D eigenvalue weighted by Crippen LogP contribution is 2.20. The Morgan fingerprint density at radius 3 is 2.53 bits per heavy atom. The summed E-state index contributed by atoms with van der Waals surface area (Å²) >= 11 is 5.00. The molecule has 0 fully saturated rings. The lowest BCUT2D eigenvalue weighted by molar-refractivity contribution is 0.832. The number of aromatic nitrogens is 3. The van der Waals surface area contributed by atoms with Crippen LogP contribution in [0.5, 0.6) is 0 Å². The van der Waals surface area contributed by atoms with Gasteiger partial charge in [0, 0.05) is 29.2 Å². The lowest BCUT2D eigenvalue weighted by Crippen LogP contribution is -2.00. The first-order chi connectivity index (χ1) is 8.16. The van der Waals surface area contributed by atoms with Crippen molar-refractivity contribution in [3.8, 4) is 0 Å². The Bertz CT molecular complexity index is 513. The Balaban J connectivity index is 0.000000686. The first kappa shape index (κ1) is 13.6. The highest BCUT2D eigenvalue weighted by Gasteiger charge is 2.10. The van der Waals surface area contributed by atoms with E-state index in [0.717, 1.165) is 17.1 Å². The predicted molar refractivity (Wildman–Crippen MR) is 73.8 cm³/mol. The summed E-state index contributed by atoms with van der Waals surface area (Å²) in [5, 5.41) is 0. The van der Waals surface area contributed by atoms with E-state index in [1.54, 1.807) is 0 Å². The van der Waals surface area contributed by atoms with E-state index >= 15 is 0 Å². The number of pyridine rings is 1. The summed E-state index contributed by atoms with van der Waals surface area (Å²) in [4.78, 5) is 10.6. The van der Waals surface area contributed by atoms with Crippen LogP contribution in [0.3, 0.4) is 0 Å². The van der Waals surface area contributed by atoms with Crippen molar-refractivity contribution in [3.05, 3.63) is 46.2 Å². The van der Waals surface area contributed by atoms with E-state index in [-0.39, 0.29) is 5.92 Å². The SMILES string of the molecule is CC.Cc1cccc(C(C)c2c[nH]c(=S)[nH]2)n1. The average Bonchev–Trinajstić information content (AvgIpc) is 2.77. The van der Waals surface area contributed by atoms with Crippen molar-refractivity contribution in [1.82, 2.24) is 15.0 Å². The monoisotopic (exact) mass is 249 g/mol. The molecule has 92 valence electrons. The maximum atomic E-state index is 5.00. The van der Waals surface area contributed by atoms with Gasteiger partial charge in [0.25, 0.3) is 0 Å². The second kappa shape index (κ2) is 6.35. The minimum atomic E-state index is 0.234. The van der Waals surface area contributed by atoms with Crippen LogP contribution < -0.4 is 0 Å². The Kier molecular flexibility index (Phi) is 5.10. The normalized spacial score (nSPS) is 11.5. The third-order valence-electron chi connectivity index (χ3n) is 2.44. The van der Waals surface area contributed by atoms with Gasteiger partial charge in [0.05, 0.1) is 0 Å². The molecule has 0 aliphatic heterocycles. The molecule has 0 aromatic carbocycles. The number of hydrogen-bond donors (Lipinski definition) is 2. The topological polar surface area (TPSA) is 44.5 Å². The number of nitrogens with zero attached hydrogens (tertiary/aromatic N) is 1. The summed E-state index contributed by atoms with van der Waals surface area (Å²) in [6.07, 6.45) is 1.90. The molecule has 2 heterocycles. The lowest BCUT2D eigenvalue weighted by atomic mass is 10.0. The van der Waals surface area contributed by atoms with Crippen molar-refractivity contribution in [2.45, 2.75) is 33.6 Å². The predicted octanol–water partition coefficient (Wildman–Crippen LogP) is 3.95. The van der Waals surface area contributed by atoms with E-state index in [1.165, 1.54) is 0 Å². The maximum Gasteiger partial charge on any atom is 0.174 e. The average molecular weight is 249 g/mol. The van der Waals surface area contributed by atoms with E-state index in [2.05, 4.69) is 21.9 Å². The molecule has 0 spiro atoms. The van der Waals surface area contributed by atoms with Gasteiger partial charge in [-0.25, -0.2) is 0 Å². The van der Waals surface area contributed by atoms with Gasteiger partial charge in [0.1, 0.15) is 0 Å². The van der Waals surface area contributed by atoms with Crippen molar-refractivity contribution in [3.63, 3.8) is 0 Å². The van der Waals surface area contributed by atoms with Crippen LogP contribution in [0.15, 0.2) is 24.4 Å². The van der Waals surface area contributed by atoms with Crippen LogP contribution in [0.4, 0.5) is 0 Å². The van der Waals surface area contributed by atoms with E-state index in [9.17, 15) is 0 Å². The second-order valence-corrected chi connectivity index (χ2v) is 4.03. The van der Waals surface area contributed by atoms with E-state index in [1.807, 2.05) is 45.2 Å². The van der Waals surface area contributed by atoms with Crippen molar-refractivity contribution in [2.75, 3.05) is 0 Å². The maximum absolute atomic E-state index is 5.00. The minimum Gasteiger partial charge on any atom is -0.337 e. The molecule has 0 amide bonds. The summed E-state index contributed by atoms with van der Waals surface area (Å²) < 4.78 is 0.657. The van der Waals surface area contributed by atoms with Crippen molar-refractivity contribution < 1.29 is 0 Å². The van der Waals surface area contributed by atoms with Crippen LogP contribution in [0.25, 0.3) is 0 Å². The third kappa shape index (κ3) is 3.53. The Labute approximate surface area is 107 Å². The fourth-order valence-electron chi connectivity index (χ4n) is 1.54. The molecule has 2 N–H and O–H groups in total. The number of nitrogens with one attached hydrogen (secondary N) is 2. The molecule has 2 rings (SSSR count). The van der Waals surface area contributed by atoms with Crippen molar-refractivity contribution >= 4 is 12.2 Å². The molecule has 0 bridgehead atoms. The molecular formula is C13H19N3S. The zero-order valence-electron chi connectivity index (χ0n) is 10.7. The molecule has 2 aromatic rings. The molecule has 3 nitrogen and oxygen atoms in total. The molecule has 17 heavy (non-hydrogen) atoms. The number of aromatic amines is 2. The molecule has 0 radical (unpaired) electrons. The summed E-state index contributed by atoms with van der Waals surface area (Å²) in [5.41, 5.74) is 3.16. The van der Waals surface area contributed by atoms with Gasteiger partial charge in [-0.15, -0.1) is 0 Å². The Hall–Kier alpha value is -1.42. The smallest absolute Gasteiger partial charge is 0.174 e. The van der Waals surface area contributed by atoms with Gasteiger partial charge in [-0.2, -0.15) is 0 Å². The number of hydrogen-bond acceptors (Lipinski definition) is 2. The molecule has 2 aromatic heterocycles. The summed E-state index contributed by atoms with van der Waals surface area (Å²) in [6.45, 7) is 8.10. The van der Waals surface area contributed by atoms with Crippen LogP contribution in [-0.4, -0.2) is 15.0 Å². The highest BCUT2D eigenvalue weighted by molar-refractivity contribution is 7.71. The summed E-state index contributed by atoms with van der Waals surface area (Å²) in [6, 6.07) is 6.05. The van der Waals surface area contributed by atoms with Crippen LogP contribution in [-0.2, 0) is 0 Å². The quantitative estimate of drug-likeness (QED) is 0.791. The third-order valence-corrected chi connectivity index (χ3v) is 2.66. The molecule has 4 heteroatoms. The fraction of sp³-hybridized carbons (Fsp3) is 0.385. The van der Waals surface area contributed by atoms with Gasteiger partial charge < -0.3 is 9.97 Å². The standard InChI is InChI=1S/C11H13N3S.C2H6/c1-7-4-3-5-9(13-7)8(2)10-6-12-11(15)14-10;1-2/h3-6,8H,1-2H3,(H2,12,14,15);1-2H3. The van der Waals surface area contributed by atoms with E-state index in [4.69, 9.17) is 12.2 Å². The highest BCUT2D eigenvalue weighted by atomic mass is 32.1. The summed E-state index contributed by atoms with van der Waals surface area (Å²) in [5.74, 6) is 0.234. The molecule has 0 saturated heterocycles. The van der Waals surface area contributed by atoms with Crippen LogP contribution in [0, 0.1) is 11.7 Å². The first-order valence-electron chi connectivity index (χ1n) is 5.88. The zero-order chi connectivity index (χ0) is 12.8. The first-order valence-corrected chi connectivity index (χ1v) is 6.29. The van der Waals surface area contributed by atoms with E-state index in [0.29, 0.717) is 4.77 Å². The molecule has 0 saturated carbocycles. The van der Waals surface area contributed by atoms with Crippen molar-refractivity contribution in [2.24, 2.45) is 0 Å². The zero-order valence-corrected chi connectivity index (χ0v) is 11.6. The van der Waals surface area contributed by atoms with E-state index < -0.39 is 0 Å². The van der Waals surface area contributed by atoms with Crippen LogP contribution in [0.2, 0.25) is 0 Å². The van der Waals surface area contributed by atoms with Crippen molar-refractivity contribution in [1.29, 1.82) is 0 Å². The molecule has 1 atom stereocenters. The van der Waals surface area contributed by atoms with Crippen LogP contribution in [0.1, 0.15) is 43.8 Å². The fourth-order valence-corrected chi connectivity index (χ4v) is 1.72. The minimum absolute atomic E-state index is 0.234. The van der Waals surface area contributed by atoms with Gasteiger partial charge >= 0.3 is 0 Å².